The second-order valence-corrected chi connectivity index (χ2v) is 6.36. The number of hydrogen-bond donors (Lipinski definition) is 0. The molecule has 0 N–H and O–H groups in total. The highest BCUT2D eigenvalue weighted by Gasteiger charge is 2.21. The molecule has 2 aromatic heterocycles. The molecule has 0 aromatic carbocycles. The number of anilines is 1. The summed E-state index contributed by atoms with van der Waals surface area (Å²) in [7, 11) is 4.25. The Morgan fingerprint density at radius 3 is 3.09 bits per heavy atom. The summed E-state index contributed by atoms with van der Waals surface area (Å²) in [6.07, 6.45) is 4.26. The van der Waals surface area contributed by atoms with Gasteiger partial charge in [-0.25, -0.2) is 4.98 Å². The van der Waals surface area contributed by atoms with E-state index in [1.54, 1.807) is 6.20 Å². The number of carbonyl (C=O) groups excluding carboxylic acids is 1. The molecule has 0 radical (unpaired) electrons. The normalized spacial score (nSPS) is 19.5. The van der Waals surface area contributed by atoms with Crippen molar-refractivity contribution in [1.29, 1.82) is 0 Å². The van der Waals surface area contributed by atoms with Crippen LogP contribution < -0.4 is 4.90 Å². The smallest absolute Gasteiger partial charge is 0.194 e. The van der Waals surface area contributed by atoms with Gasteiger partial charge in [0.25, 0.3) is 0 Å². The Morgan fingerprint density at radius 1 is 1.55 bits per heavy atom. The number of pyridine rings is 1. The van der Waals surface area contributed by atoms with Crippen LogP contribution in [-0.2, 0) is 0 Å². The summed E-state index contributed by atoms with van der Waals surface area (Å²) in [5.74, 6) is 1.88. The van der Waals surface area contributed by atoms with Crippen LogP contribution in [0.4, 0.5) is 5.82 Å². The molecule has 1 atom stereocenters. The van der Waals surface area contributed by atoms with Crippen LogP contribution in [0.25, 0.3) is 11.0 Å². The number of furan rings is 1. The first kappa shape index (κ1) is 15.0. The topological polar surface area (TPSA) is 49.6 Å². The van der Waals surface area contributed by atoms with Crippen LogP contribution in [0.5, 0.6) is 0 Å². The van der Waals surface area contributed by atoms with E-state index in [-0.39, 0.29) is 5.78 Å². The first-order valence-electron chi connectivity index (χ1n) is 7.83. The van der Waals surface area contributed by atoms with Gasteiger partial charge in [0.2, 0.25) is 0 Å². The van der Waals surface area contributed by atoms with Gasteiger partial charge < -0.3 is 14.2 Å². The molecule has 0 bridgehead atoms. The minimum atomic E-state index is -0.0568. The van der Waals surface area contributed by atoms with E-state index in [1.165, 1.54) is 26.3 Å². The quantitative estimate of drug-likeness (QED) is 0.813. The molecule has 22 heavy (non-hydrogen) atoms. The molecule has 118 valence electrons. The maximum atomic E-state index is 11.5. The fraction of sp³-hybridized carbons (Fsp3) is 0.529. The largest absolute Gasteiger partial charge is 0.453 e. The van der Waals surface area contributed by atoms with Crippen LogP contribution in [0.3, 0.4) is 0 Å². The predicted molar refractivity (Wildman–Crippen MR) is 87.5 cm³/mol. The Labute approximate surface area is 130 Å². The SMILES string of the molecule is CC(=O)c1cc2c(N(C)C[C@@H]3CCCN(C)C3)nccc2o1. The van der Waals surface area contributed by atoms with Gasteiger partial charge >= 0.3 is 0 Å². The average Bonchev–Trinajstić information content (AvgIpc) is 2.91. The van der Waals surface area contributed by atoms with Crippen LogP contribution in [-0.4, -0.2) is 49.4 Å². The first-order chi connectivity index (χ1) is 10.5. The van der Waals surface area contributed by atoms with Crippen molar-refractivity contribution in [3.05, 3.63) is 24.1 Å². The Hall–Kier alpha value is -1.88. The average molecular weight is 301 g/mol. The zero-order valence-electron chi connectivity index (χ0n) is 13.5. The number of likely N-dealkylation sites (tertiary alicyclic amines) is 1. The predicted octanol–water partition coefficient (Wildman–Crippen LogP) is 2.81. The van der Waals surface area contributed by atoms with Crippen LogP contribution in [0.2, 0.25) is 0 Å². The molecule has 0 aliphatic carbocycles. The summed E-state index contributed by atoms with van der Waals surface area (Å²) < 4.78 is 5.60. The summed E-state index contributed by atoms with van der Waals surface area (Å²) in [5, 5.41) is 0.916. The highest BCUT2D eigenvalue weighted by Crippen LogP contribution is 2.28. The van der Waals surface area contributed by atoms with Crippen molar-refractivity contribution in [3.8, 4) is 0 Å². The lowest BCUT2D eigenvalue weighted by Gasteiger charge is -2.32. The van der Waals surface area contributed by atoms with Gasteiger partial charge in [-0.3, -0.25) is 4.79 Å². The van der Waals surface area contributed by atoms with E-state index in [0.717, 1.165) is 29.9 Å². The summed E-state index contributed by atoms with van der Waals surface area (Å²) in [5.41, 5.74) is 0.725. The molecule has 0 saturated carbocycles. The van der Waals surface area contributed by atoms with Gasteiger partial charge in [0, 0.05) is 33.3 Å². The molecule has 1 saturated heterocycles. The Kier molecular flexibility index (Phi) is 4.16. The van der Waals surface area contributed by atoms with Crippen molar-refractivity contribution >= 4 is 22.6 Å². The minimum Gasteiger partial charge on any atom is -0.453 e. The second kappa shape index (κ2) is 6.08. The number of rotatable bonds is 4. The minimum absolute atomic E-state index is 0.0568. The number of fused-ring (bicyclic) bond motifs is 1. The van der Waals surface area contributed by atoms with Gasteiger partial charge in [-0.05, 0) is 44.5 Å². The third-order valence-corrected chi connectivity index (χ3v) is 4.39. The second-order valence-electron chi connectivity index (χ2n) is 6.36. The summed E-state index contributed by atoms with van der Waals surface area (Å²) in [6.45, 7) is 4.81. The number of piperidine rings is 1. The van der Waals surface area contributed by atoms with Crippen LogP contribution in [0.1, 0.15) is 30.3 Å². The van der Waals surface area contributed by atoms with Crippen LogP contribution >= 0.6 is 0 Å². The van der Waals surface area contributed by atoms with Crippen molar-refractivity contribution in [3.63, 3.8) is 0 Å². The monoisotopic (exact) mass is 301 g/mol. The number of Topliss-reactive ketones (excluding diaryl/α,β-unsaturated/α-hetero) is 1. The van der Waals surface area contributed by atoms with Gasteiger partial charge in [0.1, 0.15) is 11.4 Å². The fourth-order valence-corrected chi connectivity index (χ4v) is 3.32. The molecule has 0 unspecified atom stereocenters. The number of ketones is 1. The number of aromatic nitrogens is 1. The third-order valence-electron chi connectivity index (χ3n) is 4.39. The number of nitrogens with zero attached hydrogens (tertiary/aromatic N) is 3. The summed E-state index contributed by atoms with van der Waals surface area (Å²) in [4.78, 5) is 20.6. The van der Waals surface area contributed by atoms with Gasteiger partial charge in [0.05, 0.1) is 5.39 Å². The van der Waals surface area contributed by atoms with E-state index in [0.29, 0.717) is 11.7 Å². The molecular formula is C17H23N3O2. The van der Waals surface area contributed by atoms with Gasteiger partial charge in [-0.1, -0.05) is 0 Å². The Bertz CT molecular complexity index is 680. The van der Waals surface area contributed by atoms with E-state index < -0.39 is 0 Å². The van der Waals surface area contributed by atoms with Crippen molar-refractivity contribution in [2.75, 3.05) is 38.6 Å². The molecular weight excluding hydrogens is 278 g/mol. The molecule has 2 aromatic rings. The van der Waals surface area contributed by atoms with Crippen LogP contribution in [0.15, 0.2) is 22.7 Å². The highest BCUT2D eigenvalue weighted by atomic mass is 16.3. The van der Waals surface area contributed by atoms with Crippen molar-refractivity contribution < 1.29 is 9.21 Å². The maximum absolute atomic E-state index is 11.5. The maximum Gasteiger partial charge on any atom is 0.194 e. The highest BCUT2D eigenvalue weighted by molar-refractivity contribution is 5.98. The molecule has 5 heteroatoms. The van der Waals surface area contributed by atoms with Crippen molar-refractivity contribution in [2.45, 2.75) is 19.8 Å². The lowest BCUT2D eigenvalue weighted by molar-refractivity contribution is 0.0989. The zero-order valence-corrected chi connectivity index (χ0v) is 13.5. The first-order valence-corrected chi connectivity index (χ1v) is 7.83. The third kappa shape index (κ3) is 2.99. The van der Waals surface area contributed by atoms with Gasteiger partial charge in [-0.2, -0.15) is 0 Å². The van der Waals surface area contributed by atoms with E-state index in [2.05, 4.69) is 28.9 Å². The summed E-state index contributed by atoms with van der Waals surface area (Å²) in [6, 6.07) is 3.62. The zero-order chi connectivity index (χ0) is 15.7. The molecule has 1 aliphatic rings. The van der Waals surface area contributed by atoms with Crippen molar-refractivity contribution in [2.24, 2.45) is 5.92 Å². The van der Waals surface area contributed by atoms with Crippen molar-refractivity contribution in [1.82, 2.24) is 9.88 Å². The molecule has 3 rings (SSSR count). The lowest BCUT2D eigenvalue weighted by atomic mass is 9.98. The molecule has 0 amide bonds. The van der Waals surface area contributed by atoms with Crippen LogP contribution in [0, 0.1) is 5.92 Å². The summed E-state index contributed by atoms with van der Waals surface area (Å²) >= 11 is 0. The van der Waals surface area contributed by atoms with E-state index in [9.17, 15) is 4.79 Å². The van der Waals surface area contributed by atoms with E-state index in [4.69, 9.17) is 4.42 Å². The number of hydrogen-bond acceptors (Lipinski definition) is 5. The lowest BCUT2D eigenvalue weighted by Crippen LogP contribution is -2.38. The number of carbonyl (C=O) groups is 1. The van der Waals surface area contributed by atoms with Gasteiger partial charge in [-0.15, -0.1) is 0 Å². The molecule has 0 spiro atoms. The Morgan fingerprint density at radius 2 is 2.36 bits per heavy atom. The molecule has 1 aliphatic heterocycles. The molecule has 1 fully saturated rings. The Balaban J connectivity index is 1.83. The van der Waals surface area contributed by atoms with Gasteiger partial charge in [0.15, 0.2) is 11.5 Å². The molecule has 3 heterocycles. The fourth-order valence-electron chi connectivity index (χ4n) is 3.32. The van der Waals surface area contributed by atoms with E-state index in [1.807, 2.05) is 12.1 Å². The molecule has 5 nitrogen and oxygen atoms in total. The van der Waals surface area contributed by atoms with E-state index >= 15 is 0 Å². The standard InChI is InChI=1S/C17H23N3O2/c1-12(21)16-9-14-15(22-16)6-7-18-17(14)20(3)11-13-5-4-8-19(2)10-13/h6-7,9,13H,4-5,8,10-11H2,1-3H3/t13-/m1/s1.